The molecule has 2 rings (SSSR count). The number of nitrogens with two attached hydrogens (primary N) is 1. The average Bonchev–Trinajstić information content (AvgIpc) is 2.49. The molecule has 21 heavy (non-hydrogen) atoms. The van der Waals surface area contributed by atoms with E-state index < -0.39 is 10.0 Å². The molecule has 0 aliphatic carbocycles. The highest BCUT2D eigenvalue weighted by Gasteiger charge is 2.22. The molecule has 4 nitrogen and oxygen atoms in total. The van der Waals surface area contributed by atoms with E-state index in [4.69, 9.17) is 5.73 Å². The van der Waals surface area contributed by atoms with Crippen molar-refractivity contribution < 1.29 is 8.42 Å². The summed E-state index contributed by atoms with van der Waals surface area (Å²) in [6.45, 7) is 2.57. The SMILES string of the molecule is CCN(c1ccccc1)S(=O)(=O)Cc1ccccc1CN. The van der Waals surface area contributed by atoms with Crippen molar-refractivity contribution in [1.82, 2.24) is 0 Å². The molecule has 0 bridgehead atoms. The first kappa shape index (κ1) is 15.5. The first-order chi connectivity index (χ1) is 10.1. The van der Waals surface area contributed by atoms with Crippen molar-refractivity contribution in [3.8, 4) is 0 Å². The monoisotopic (exact) mass is 304 g/mol. The Kier molecular flexibility index (Phi) is 4.98. The standard InChI is InChI=1S/C16H20N2O2S/c1-2-18(16-10-4-3-5-11-16)21(19,20)13-15-9-7-6-8-14(15)12-17/h3-11H,2,12-13,17H2,1H3. The number of sulfonamides is 1. The van der Waals surface area contributed by atoms with E-state index in [9.17, 15) is 8.42 Å². The summed E-state index contributed by atoms with van der Waals surface area (Å²) in [7, 11) is -3.43. The van der Waals surface area contributed by atoms with E-state index in [1.165, 1.54) is 4.31 Å². The van der Waals surface area contributed by atoms with Crippen LogP contribution >= 0.6 is 0 Å². The first-order valence-corrected chi connectivity index (χ1v) is 8.51. The molecule has 2 aromatic carbocycles. The fraction of sp³-hybridized carbons (Fsp3) is 0.250. The summed E-state index contributed by atoms with van der Waals surface area (Å²) in [5.41, 5.74) is 7.99. The molecule has 0 fully saturated rings. The van der Waals surface area contributed by atoms with Crippen LogP contribution in [0.4, 0.5) is 5.69 Å². The van der Waals surface area contributed by atoms with Gasteiger partial charge in [0.05, 0.1) is 11.4 Å². The fourth-order valence-corrected chi connectivity index (χ4v) is 3.97. The highest BCUT2D eigenvalue weighted by atomic mass is 32.2. The number of nitrogens with zero attached hydrogens (tertiary/aromatic N) is 1. The highest BCUT2D eigenvalue weighted by molar-refractivity contribution is 7.92. The topological polar surface area (TPSA) is 63.4 Å². The molecule has 5 heteroatoms. The van der Waals surface area contributed by atoms with Crippen LogP contribution in [-0.2, 0) is 22.3 Å². The number of hydrogen-bond donors (Lipinski definition) is 1. The van der Waals surface area contributed by atoms with Gasteiger partial charge in [-0.15, -0.1) is 0 Å². The smallest absolute Gasteiger partial charge is 0.239 e. The molecule has 0 unspecified atom stereocenters. The summed E-state index contributed by atoms with van der Waals surface area (Å²) in [6.07, 6.45) is 0. The van der Waals surface area contributed by atoms with E-state index in [0.29, 0.717) is 18.8 Å². The van der Waals surface area contributed by atoms with Crippen LogP contribution in [-0.4, -0.2) is 15.0 Å². The van der Waals surface area contributed by atoms with Gasteiger partial charge in [0.1, 0.15) is 0 Å². The molecule has 0 saturated heterocycles. The molecule has 0 atom stereocenters. The average molecular weight is 304 g/mol. The van der Waals surface area contributed by atoms with Crippen LogP contribution in [0, 0.1) is 0 Å². The third kappa shape index (κ3) is 3.62. The van der Waals surface area contributed by atoms with Gasteiger partial charge in [0.2, 0.25) is 10.0 Å². The molecule has 112 valence electrons. The minimum absolute atomic E-state index is 0.0386. The normalized spacial score (nSPS) is 11.3. The van der Waals surface area contributed by atoms with Gasteiger partial charge in [0, 0.05) is 13.1 Å². The van der Waals surface area contributed by atoms with Crippen LogP contribution in [0.2, 0.25) is 0 Å². The summed E-state index contributed by atoms with van der Waals surface area (Å²) in [4.78, 5) is 0. The maximum atomic E-state index is 12.7. The maximum Gasteiger partial charge on any atom is 0.239 e. The third-order valence-corrected chi connectivity index (χ3v) is 5.16. The Morgan fingerprint density at radius 2 is 1.52 bits per heavy atom. The van der Waals surface area contributed by atoms with Gasteiger partial charge in [0.15, 0.2) is 0 Å². The molecule has 0 aliphatic heterocycles. The summed E-state index contributed by atoms with van der Waals surface area (Å²) in [5, 5.41) is 0. The van der Waals surface area contributed by atoms with Gasteiger partial charge in [-0.3, -0.25) is 4.31 Å². The number of anilines is 1. The second-order valence-corrected chi connectivity index (χ2v) is 6.62. The minimum atomic E-state index is -3.43. The quantitative estimate of drug-likeness (QED) is 0.892. The van der Waals surface area contributed by atoms with Crippen molar-refractivity contribution in [2.45, 2.75) is 19.2 Å². The lowest BCUT2D eigenvalue weighted by Crippen LogP contribution is -2.32. The predicted octanol–water partition coefficient (Wildman–Crippen LogP) is 2.50. The molecule has 0 radical (unpaired) electrons. The van der Waals surface area contributed by atoms with Crippen LogP contribution in [0.5, 0.6) is 0 Å². The number of para-hydroxylation sites is 1. The molecule has 0 saturated carbocycles. The lowest BCUT2D eigenvalue weighted by atomic mass is 10.1. The fourth-order valence-electron chi connectivity index (χ4n) is 2.31. The lowest BCUT2D eigenvalue weighted by molar-refractivity contribution is 0.591. The van der Waals surface area contributed by atoms with Crippen LogP contribution in [0.25, 0.3) is 0 Å². The van der Waals surface area contributed by atoms with E-state index in [1.54, 1.807) is 12.1 Å². The lowest BCUT2D eigenvalue weighted by Gasteiger charge is -2.23. The van der Waals surface area contributed by atoms with Gasteiger partial charge < -0.3 is 5.73 Å². The Hall–Kier alpha value is -1.85. The molecular weight excluding hydrogens is 284 g/mol. The van der Waals surface area contributed by atoms with E-state index in [0.717, 1.165) is 11.1 Å². The zero-order chi connectivity index (χ0) is 15.3. The van der Waals surface area contributed by atoms with Crippen molar-refractivity contribution >= 4 is 15.7 Å². The van der Waals surface area contributed by atoms with Crippen LogP contribution in [0.1, 0.15) is 18.1 Å². The molecule has 0 spiro atoms. The van der Waals surface area contributed by atoms with Crippen LogP contribution in [0.3, 0.4) is 0 Å². The number of hydrogen-bond acceptors (Lipinski definition) is 3. The van der Waals surface area contributed by atoms with Crippen LogP contribution < -0.4 is 10.0 Å². The van der Waals surface area contributed by atoms with E-state index in [-0.39, 0.29) is 5.75 Å². The van der Waals surface area contributed by atoms with Crippen molar-refractivity contribution in [1.29, 1.82) is 0 Å². The van der Waals surface area contributed by atoms with Gasteiger partial charge in [-0.05, 0) is 30.2 Å². The van der Waals surface area contributed by atoms with Crippen molar-refractivity contribution in [2.75, 3.05) is 10.8 Å². The van der Waals surface area contributed by atoms with Gasteiger partial charge in [0.25, 0.3) is 0 Å². The zero-order valence-electron chi connectivity index (χ0n) is 12.1. The zero-order valence-corrected chi connectivity index (χ0v) is 12.9. The molecule has 0 aromatic heterocycles. The summed E-state index contributed by atoms with van der Waals surface area (Å²) in [6, 6.07) is 16.5. The van der Waals surface area contributed by atoms with Gasteiger partial charge >= 0.3 is 0 Å². The highest BCUT2D eigenvalue weighted by Crippen LogP contribution is 2.21. The van der Waals surface area contributed by atoms with Crippen molar-refractivity contribution in [2.24, 2.45) is 5.73 Å². The molecule has 2 N–H and O–H groups in total. The molecule has 0 heterocycles. The second-order valence-electron chi connectivity index (χ2n) is 4.73. The molecular formula is C16H20N2O2S. The molecule has 0 amide bonds. The largest absolute Gasteiger partial charge is 0.326 e. The van der Waals surface area contributed by atoms with Crippen molar-refractivity contribution in [3.63, 3.8) is 0 Å². The van der Waals surface area contributed by atoms with Gasteiger partial charge in [-0.25, -0.2) is 8.42 Å². The molecule has 2 aromatic rings. The van der Waals surface area contributed by atoms with Crippen molar-refractivity contribution in [3.05, 3.63) is 65.7 Å². The maximum absolute atomic E-state index is 12.7. The molecule has 0 aliphatic rings. The number of rotatable bonds is 6. The second kappa shape index (κ2) is 6.74. The van der Waals surface area contributed by atoms with E-state index >= 15 is 0 Å². The van der Waals surface area contributed by atoms with E-state index in [1.807, 2.05) is 49.4 Å². The summed E-state index contributed by atoms with van der Waals surface area (Å²) < 4.78 is 26.8. The predicted molar refractivity (Wildman–Crippen MR) is 86.4 cm³/mol. The van der Waals surface area contributed by atoms with E-state index in [2.05, 4.69) is 0 Å². The Morgan fingerprint density at radius 3 is 2.10 bits per heavy atom. The summed E-state index contributed by atoms with van der Waals surface area (Å²) in [5.74, 6) is -0.0386. The Balaban J connectivity index is 2.33. The van der Waals surface area contributed by atoms with Crippen LogP contribution in [0.15, 0.2) is 54.6 Å². The Morgan fingerprint density at radius 1 is 0.952 bits per heavy atom. The third-order valence-electron chi connectivity index (χ3n) is 3.34. The Bertz CT molecular complexity index is 684. The van der Waals surface area contributed by atoms with Gasteiger partial charge in [-0.1, -0.05) is 42.5 Å². The first-order valence-electron chi connectivity index (χ1n) is 6.90. The summed E-state index contributed by atoms with van der Waals surface area (Å²) >= 11 is 0. The Labute approximate surface area is 126 Å². The number of benzene rings is 2. The van der Waals surface area contributed by atoms with Gasteiger partial charge in [-0.2, -0.15) is 0 Å². The minimum Gasteiger partial charge on any atom is -0.326 e.